The van der Waals surface area contributed by atoms with Crippen LogP contribution in [-0.4, -0.2) is 51.6 Å². The molecular formula is C29H21ClFN5O6. The van der Waals surface area contributed by atoms with E-state index in [9.17, 15) is 23.6 Å². The van der Waals surface area contributed by atoms with Crippen molar-refractivity contribution in [3.63, 3.8) is 0 Å². The first-order valence-corrected chi connectivity index (χ1v) is 13.1. The summed E-state index contributed by atoms with van der Waals surface area (Å²) in [5.41, 5.74) is 1.98. The van der Waals surface area contributed by atoms with E-state index in [4.69, 9.17) is 21.1 Å². The van der Waals surface area contributed by atoms with E-state index >= 15 is 0 Å². The molecule has 1 atom stereocenters. The van der Waals surface area contributed by atoms with Crippen LogP contribution in [0.3, 0.4) is 0 Å². The molecule has 4 aromatic rings. The molecule has 0 bridgehead atoms. The number of anilines is 2. The van der Waals surface area contributed by atoms with Gasteiger partial charge in [0.2, 0.25) is 11.8 Å². The number of piperidine rings is 1. The second-order valence-electron chi connectivity index (χ2n) is 9.61. The van der Waals surface area contributed by atoms with Crippen molar-refractivity contribution >= 4 is 57.6 Å². The Morgan fingerprint density at radius 1 is 1.02 bits per heavy atom. The summed E-state index contributed by atoms with van der Waals surface area (Å²) in [5, 5.41) is 5.83. The molecule has 2 aliphatic heterocycles. The van der Waals surface area contributed by atoms with Crippen molar-refractivity contribution in [2.75, 3.05) is 12.4 Å². The predicted molar refractivity (Wildman–Crippen MR) is 148 cm³/mol. The number of rotatable bonds is 7. The molecule has 11 nitrogen and oxygen atoms in total. The zero-order valence-electron chi connectivity index (χ0n) is 21.9. The fourth-order valence-corrected chi connectivity index (χ4v) is 5.10. The van der Waals surface area contributed by atoms with Gasteiger partial charge in [-0.25, -0.2) is 14.4 Å². The van der Waals surface area contributed by atoms with Crippen LogP contribution in [0.4, 0.5) is 15.9 Å². The standard InChI is InChI=1S/C29H21ClFN5O6/c1-41-23-11-21-18(26(33-13-32-21)34-15-3-5-20(31)19(30)9-15)10-24(23)42-12-14-2-4-16-17(8-14)29(40)36(28(16)39)22-6-7-25(37)35-27(22)38/h2-5,8-11,13,22H,6-7,12H2,1H3,(H,32,33,34)(H,35,37,38). The third-order valence-corrected chi connectivity index (χ3v) is 7.29. The number of nitrogens with zero attached hydrogens (tertiary/aromatic N) is 3. The molecule has 0 aliphatic carbocycles. The largest absolute Gasteiger partial charge is 0.493 e. The number of fused-ring (bicyclic) bond motifs is 2. The third kappa shape index (κ3) is 4.85. The number of carbonyl (C=O) groups is 4. The maximum absolute atomic E-state index is 13.6. The Balaban J connectivity index is 1.25. The van der Waals surface area contributed by atoms with E-state index in [2.05, 4.69) is 20.6 Å². The predicted octanol–water partition coefficient (Wildman–Crippen LogP) is 4.15. The van der Waals surface area contributed by atoms with E-state index in [0.717, 1.165) is 4.90 Å². The zero-order chi connectivity index (χ0) is 29.5. The number of carbonyl (C=O) groups excluding carboxylic acids is 4. The number of aromatic nitrogens is 2. The molecular weight excluding hydrogens is 569 g/mol. The van der Waals surface area contributed by atoms with E-state index in [1.807, 2.05) is 0 Å². The summed E-state index contributed by atoms with van der Waals surface area (Å²) < 4.78 is 25.2. The molecule has 1 saturated heterocycles. The van der Waals surface area contributed by atoms with Crippen molar-refractivity contribution in [2.45, 2.75) is 25.5 Å². The summed E-state index contributed by atoms with van der Waals surface area (Å²) in [6.45, 7) is 0.0130. The molecule has 1 unspecified atom stereocenters. The van der Waals surface area contributed by atoms with E-state index in [0.29, 0.717) is 39.5 Å². The minimum absolute atomic E-state index is 0.0130. The lowest BCUT2D eigenvalue weighted by Gasteiger charge is -2.27. The topological polar surface area (TPSA) is 140 Å². The van der Waals surface area contributed by atoms with E-state index < -0.39 is 35.5 Å². The number of benzene rings is 3. The third-order valence-electron chi connectivity index (χ3n) is 7.00. The highest BCUT2D eigenvalue weighted by molar-refractivity contribution is 6.31. The molecule has 42 heavy (non-hydrogen) atoms. The Labute approximate surface area is 242 Å². The number of hydrogen-bond acceptors (Lipinski definition) is 9. The summed E-state index contributed by atoms with van der Waals surface area (Å²) >= 11 is 5.92. The molecule has 212 valence electrons. The Morgan fingerprint density at radius 3 is 2.60 bits per heavy atom. The number of hydrogen-bond donors (Lipinski definition) is 2. The first-order chi connectivity index (χ1) is 20.2. The van der Waals surface area contributed by atoms with Crippen LogP contribution in [-0.2, 0) is 16.2 Å². The average molecular weight is 590 g/mol. The van der Waals surface area contributed by atoms with Crippen LogP contribution >= 0.6 is 11.6 Å². The Morgan fingerprint density at radius 2 is 1.83 bits per heavy atom. The summed E-state index contributed by atoms with van der Waals surface area (Å²) in [4.78, 5) is 59.5. The summed E-state index contributed by atoms with van der Waals surface area (Å²) in [5.74, 6) is -1.68. The van der Waals surface area contributed by atoms with Gasteiger partial charge in [0, 0.05) is 23.6 Å². The molecule has 13 heteroatoms. The minimum atomic E-state index is -1.05. The van der Waals surface area contributed by atoms with Gasteiger partial charge in [-0.05, 0) is 48.4 Å². The Kier molecular flexibility index (Phi) is 6.91. The SMILES string of the molecule is COc1cc2ncnc(Nc3ccc(F)c(Cl)c3)c2cc1OCc1ccc2c(c1)C(=O)N(C1CCC(=O)NC1=O)C2=O. The smallest absolute Gasteiger partial charge is 0.262 e. The lowest BCUT2D eigenvalue weighted by atomic mass is 10.0. The molecule has 0 spiro atoms. The zero-order valence-corrected chi connectivity index (χ0v) is 22.7. The van der Waals surface area contributed by atoms with Crippen LogP contribution in [0, 0.1) is 5.82 Å². The molecule has 4 amide bonds. The van der Waals surface area contributed by atoms with Crippen molar-refractivity contribution in [2.24, 2.45) is 0 Å². The monoisotopic (exact) mass is 589 g/mol. The Hall–Kier alpha value is -5.10. The van der Waals surface area contributed by atoms with Crippen LogP contribution in [0.1, 0.15) is 39.1 Å². The lowest BCUT2D eigenvalue weighted by molar-refractivity contribution is -0.136. The van der Waals surface area contributed by atoms with Crippen molar-refractivity contribution in [3.05, 3.63) is 82.4 Å². The van der Waals surface area contributed by atoms with Crippen molar-refractivity contribution in [1.29, 1.82) is 0 Å². The molecule has 3 aromatic carbocycles. The van der Waals surface area contributed by atoms with Crippen molar-refractivity contribution in [1.82, 2.24) is 20.2 Å². The summed E-state index contributed by atoms with van der Waals surface area (Å²) in [6.07, 6.45) is 1.48. The Bertz CT molecular complexity index is 1820. The second-order valence-corrected chi connectivity index (χ2v) is 10.0. The molecule has 2 aliphatic rings. The molecule has 1 aromatic heterocycles. The van der Waals surface area contributed by atoms with Gasteiger partial charge in [0.1, 0.15) is 30.6 Å². The van der Waals surface area contributed by atoms with Crippen molar-refractivity contribution < 1.29 is 33.0 Å². The fourth-order valence-electron chi connectivity index (χ4n) is 4.92. The van der Waals surface area contributed by atoms with Crippen molar-refractivity contribution in [3.8, 4) is 11.5 Å². The molecule has 2 N–H and O–H groups in total. The fraction of sp³-hybridized carbons (Fsp3) is 0.172. The number of imide groups is 2. The quantitative estimate of drug-likeness (QED) is 0.304. The van der Waals surface area contributed by atoms with Crippen LogP contribution in [0.25, 0.3) is 10.9 Å². The van der Waals surface area contributed by atoms with Gasteiger partial charge in [0.15, 0.2) is 11.5 Å². The lowest BCUT2D eigenvalue weighted by Crippen LogP contribution is -2.54. The van der Waals surface area contributed by atoms with E-state index in [-0.39, 0.29) is 35.6 Å². The van der Waals surface area contributed by atoms with Gasteiger partial charge < -0.3 is 14.8 Å². The number of halogens is 2. The molecule has 6 rings (SSSR count). The first-order valence-electron chi connectivity index (χ1n) is 12.8. The van der Waals surface area contributed by atoms with Gasteiger partial charge in [-0.1, -0.05) is 17.7 Å². The van der Waals surface area contributed by atoms with Gasteiger partial charge in [-0.3, -0.25) is 29.4 Å². The van der Waals surface area contributed by atoms with Crippen LogP contribution < -0.4 is 20.1 Å². The van der Waals surface area contributed by atoms with Gasteiger partial charge in [-0.15, -0.1) is 0 Å². The van der Waals surface area contributed by atoms with Gasteiger partial charge in [0.25, 0.3) is 11.8 Å². The normalized spacial score (nSPS) is 16.5. The number of amides is 4. The first kappa shape index (κ1) is 27.1. The maximum atomic E-state index is 13.6. The van der Waals surface area contributed by atoms with Crippen LogP contribution in [0.5, 0.6) is 11.5 Å². The number of ether oxygens (including phenoxy) is 2. The summed E-state index contributed by atoms with van der Waals surface area (Å²) in [6, 6.07) is 11.2. The summed E-state index contributed by atoms with van der Waals surface area (Å²) in [7, 11) is 1.48. The van der Waals surface area contributed by atoms with E-state index in [1.165, 1.54) is 37.7 Å². The highest BCUT2D eigenvalue weighted by atomic mass is 35.5. The average Bonchev–Trinajstić information content (AvgIpc) is 3.22. The van der Waals surface area contributed by atoms with Crippen LogP contribution in [0.2, 0.25) is 5.02 Å². The van der Waals surface area contributed by atoms with Gasteiger partial charge in [-0.2, -0.15) is 0 Å². The molecule has 1 fully saturated rings. The van der Waals surface area contributed by atoms with Crippen LogP contribution in [0.15, 0.2) is 54.9 Å². The minimum Gasteiger partial charge on any atom is -0.493 e. The molecule has 0 radical (unpaired) electrons. The molecule has 3 heterocycles. The molecule has 0 saturated carbocycles. The second kappa shape index (κ2) is 10.7. The number of methoxy groups -OCH3 is 1. The highest BCUT2D eigenvalue weighted by Crippen LogP contribution is 2.36. The van der Waals surface area contributed by atoms with Gasteiger partial charge >= 0.3 is 0 Å². The van der Waals surface area contributed by atoms with E-state index in [1.54, 1.807) is 24.3 Å². The maximum Gasteiger partial charge on any atom is 0.262 e. The highest BCUT2D eigenvalue weighted by Gasteiger charge is 2.44. The van der Waals surface area contributed by atoms with Gasteiger partial charge in [0.05, 0.1) is 28.8 Å². The number of nitrogens with one attached hydrogen (secondary N) is 2.